The van der Waals surface area contributed by atoms with Crippen LogP contribution < -0.4 is 4.72 Å². The van der Waals surface area contributed by atoms with Crippen LogP contribution in [0.2, 0.25) is 5.02 Å². The van der Waals surface area contributed by atoms with Crippen LogP contribution in [0.1, 0.15) is 29.0 Å². The van der Waals surface area contributed by atoms with E-state index in [1.807, 2.05) is 6.07 Å². The molecule has 6 nitrogen and oxygen atoms in total. The smallest absolute Gasteiger partial charge is 0.256 e. The molecule has 0 radical (unpaired) electrons. The summed E-state index contributed by atoms with van der Waals surface area (Å²) < 4.78 is 27.1. The van der Waals surface area contributed by atoms with Crippen LogP contribution in [0.25, 0.3) is 0 Å². The lowest BCUT2D eigenvalue weighted by molar-refractivity contribution is -0.129. The first-order chi connectivity index (χ1) is 12.9. The number of rotatable bonds is 5. The highest BCUT2D eigenvalue weighted by Gasteiger charge is 2.31. The molecule has 1 unspecified atom stereocenters. The monoisotopic (exact) mass is 403 g/mol. The van der Waals surface area contributed by atoms with Crippen LogP contribution in [0, 0.1) is 0 Å². The van der Waals surface area contributed by atoms with Crippen LogP contribution in [0.5, 0.6) is 0 Å². The second-order valence-corrected chi connectivity index (χ2v) is 8.82. The minimum absolute atomic E-state index is 0.0812. The summed E-state index contributed by atoms with van der Waals surface area (Å²) in [6.07, 6.45) is 4.83. The number of hydrogen-bond acceptors (Lipinski definition) is 4. The molecule has 1 amide bonds. The third-order valence-electron chi connectivity index (χ3n) is 4.89. The summed E-state index contributed by atoms with van der Waals surface area (Å²) in [4.78, 5) is 12.7. The largest absolute Gasteiger partial charge is 0.272 e. The van der Waals surface area contributed by atoms with E-state index in [0.29, 0.717) is 5.02 Å². The summed E-state index contributed by atoms with van der Waals surface area (Å²) in [5.41, 5.74) is 3.52. The van der Waals surface area contributed by atoms with E-state index in [0.717, 1.165) is 29.8 Å². The van der Waals surface area contributed by atoms with Crippen molar-refractivity contribution in [2.75, 3.05) is 6.67 Å². The number of halogens is 1. The summed E-state index contributed by atoms with van der Waals surface area (Å²) >= 11 is 5.78. The van der Waals surface area contributed by atoms with Gasteiger partial charge in [-0.05, 0) is 60.2 Å². The van der Waals surface area contributed by atoms with E-state index < -0.39 is 15.9 Å². The normalized spacial score (nSPS) is 18.9. The number of carbonyl (C=O) groups excluding carboxylic acids is 1. The molecule has 1 N–H and O–H groups in total. The second-order valence-electron chi connectivity index (χ2n) is 6.62. The van der Waals surface area contributed by atoms with Gasteiger partial charge in [0.05, 0.1) is 4.90 Å². The molecule has 8 heteroatoms. The topological polar surface area (TPSA) is 78.8 Å². The van der Waals surface area contributed by atoms with Crippen molar-refractivity contribution in [3.63, 3.8) is 0 Å². The molecule has 1 atom stereocenters. The van der Waals surface area contributed by atoms with Crippen LogP contribution in [0.4, 0.5) is 0 Å². The first-order valence-corrected chi connectivity index (χ1v) is 10.5. The van der Waals surface area contributed by atoms with E-state index in [-0.39, 0.29) is 17.5 Å². The summed E-state index contributed by atoms with van der Waals surface area (Å²) in [5.74, 6) is -0.720. The second kappa shape index (κ2) is 7.07. The van der Waals surface area contributed by atoms with Crippen molar-refractivity contribution in [2.45, 2.75) is 30.1 Å². The Balaban J connectivity index is 1.43. The van der Waals surface area contributed by atoms with Gasteiger partial charge in [-0.2, -0.15) is 9.82 Å². The van der Waals surface area contributed by atoms with Crippen molar-refractivity contribution in [3.8, 4) is 0 Å². The zero-order valence-corrected chi connectivity index (χ0v) is 16.0. The minimum Gasteiger partial charge on any atom is -0.272 e. The maximum Gasteiger partial charge on any atom is 0.256 e. The summed E-state index contributed by atoms with van der Waals surface area (Å²) in [6, 6.07) is 11.9. The molecule has 2 aromatic carbocycles. The summed E-state index contributed by atoms with van der Waals surface area (Å²) in [7, 11) is -3.75. The average molecular weight is 404 g/mol. The fraction of sp³-hybridized carbons (Fsp3) is 0.263. The number of sulfonamides is 1. The lowest BCUT2D eigenvalue weighted by atomic mass is 9.96. The van der Waals surface area contributed by atoms with E-state index in [2.05, 4.69) is 22.0 Å². The highest BCUT2D eigenvalue weighted by molar-refractivity contribution is 7.89. The molecule has 0 bridgehead atoms. The number of nitrogens with one attached hydrogen (secondary N) is 1. The SMILES string of the molecule is O=C1C(c2ccc3c(c2)CCC3)C=NN1CNS(=O)(=O)c1ccc(Cl)cc1. The Labute approximate surface area is 162 Å². The number of nitrogens with zero attached hydrogens (tertiary/aromatic N) is 2. The van der Waals surface area contributed by atoms with Crippen LogP contribution in [-0.4, -0.2) is 32.2 Å². The van der Waals surface area contributed by atoms with Crippen LogP contribution in [0.3, 0.4) is 0 Å². The van der Waals surface area contributed by atoms with Gasteiger partial charge in [0.15, 0.2) is 0 Å². The zero-order valence-electron chi connectivity index (χ0n) is 14.4. The number of amides is 1. The van der Waals surface area contributed by atoms with Gasteiger partial charge in [-0.3, -0.25) is 4.79 Å². The molecule has 0 fully saturated rings. The third-order valence-corrected chi connectivity index (χ3v) is 6.54. The maximum atomic E-state index is 12.7. The maximum absolute atomic E-state index is 12.7. The highest BCUT2D eigenvalue weighted by Crippen LogP contribution is 2.28. The van der Waals surface area contributed by atoms with E-state index in [4.69, 9.17) is 11.6 Å². The first kappa shape index (κ1) is 18.2. The van der Waals surface area contributed by atoms with Gasteiger partial charge in [-0.1, -0.05) is 29.8 Å². The zero-order chi connectivity index (χ0) is 19.0. The number of fused-ring (bicyclic) bond motifs is 1. The Bertz CT molecular complexity index is 1020. The molecule has 0 saturated heterocycles. The van der Waals surface area contributed by atoms with Crippen molar-refractivity contribution in [3.05, 3.63) is 64.2 Å². The Morgan fingerprint density at radius 2 is 1.85 bits per heavy atom. The molecular formula is C19H18ClN3O3S. The summed E-state index contributed by atoms with van der Waals surface area (Å²) in [6.45, 7) is -0.221. The number of carbonyl (C=O) groups is 1. The molecule has 1 aliphatic heterocycles. The van der Waals surface area contributed by atoms with Crippen molar-refractivity contribution in [1.29, 1.82) is 0 Å². The minimum atomic E-state index is -3.75. The molecular weight excluding hydrogens is 386 g/mol. The van der Waals surface area contributed by atoms with Crippen LogP contribution in [0.15, 0.2) is 52.5 Å². The van der Waals surface area contributed by atoms with Gasteiger partial charge in [0, 0.05) is 11.2 Å². The molecule has 0 saturated carbocycles. The fourth-order valence-electron chi connectivity index (χ4n) is 3.40. The van der Waals surface area contributed by atoms with Gasteiger partial charge in [-0.25, -0.2) is 13.4 Å². The van der Waals surface area contributed by atoms with E-state index in [1.54, 1.807) is 6.21 Å². The van der Waals surface area contributed by atoms with E-state index >= 15 is 0 Å². The van der Waals surface area contributed by atoms with Crippen molar-refractivity contribution >= 4 is 33.7 Å². The van der Waals surface area contributed by atoms with Crippen molar-refractivity contribution < 1.29 is 13.2 Å². The Hall–Kier alpha value is -2.22. The predicted octanol–water partition coefficient (Wildman–Crippen LogP) is 2.68. The van der Waals surface area contributed by atoms with Crippen molar-refractivity contribution in [2.24, 2.45) is 5.10 Å². The van der Waals surface area contributed by atoms with E-state index in [1.165, 1.54) is 35.4 Å². The number of hydrazone groups is 1. The Morgan fingerprint density at radius 1 is 1.11 bits per heavy atom. The quantitative estimate of drug-likeness (QED) is 0.833. The lowest BCUT2D eigenvalue weighted by Crippen LogP contribution is -2.37. The number of aryl methyl sites for hydroxylation is 2. The molecule has 0 spiro atoms. The van der Waals surface area contributed by atoms with Crippen LogP contribution in [-0.2, 0) is 27.7 Å². The molecule has 2 aromatic rings. The molecule has 2 aliphatic rings. The third kappa shape index (κ3) is 3.63. The Kier molecular flexibility index (Phi) is 4.75. The predicted molar refractivity (Wildman–Crippen MR) is 103 cm³/mol. The van der Waals surface area contributed by atoms with Gasteiger partial charge < -0.3 is 0 Å². The van der Waals surface area contributed by atoms with Crippen LogP contribution >= 0.6 is 11.6 Å². The number of benzene rings is 2. The molecule has 4 rings (SSSR count). The summed E-state index contributed by atoms with van der Waals surface area (Å²) in [5, 5.41) is 5.68. The number of hydrogen-bond donors (Lipinski definition) is 1. The van der Waals surface area contributed by atoms with Gasteiger partial charge in [0.1, 0.15) is 12.6 Å². The molecule has 140 valence electrons. The molecule has 1 heterocycles. The van der Waals surface area contributed by atoms with Gasteiger partial charge in [0.2, 0.25) is 10.0 Å². The molecule has 27 heavy (non-hydrogen) atoms. The van der Waals surface area contributed by atoms with Gasteiger partial charge >= 0.3 is 0 Å². The Morgan fingerprint density at radius 3 is 2.63 bits per heavy atom. The van der Waals surface area contributed by atoms with Gasteiger partial charge in [0.25, 0.3) is 5.91 Å². The molecule has 1 aliphatic carbocycles. The lowest BCUT2D eigenvalue weighted by Gasteiger charge is -2.16. The first-order valence-electron chi connectivity index (χ1n) is 8.66. The fourth-order valence-corrected chi connectivity index (χ4v) is 4.48. The van der Waals surface area contributed by atoms with Crippen molar-refractivity contribution in [1.82, 2.24) is 9.73 Å². The van der Waals surface area contributed by atoms with E-state index in [9.17, 15) is 13.2 Å². The standard InChI is InChI=1S/C19H18ClN3O3S/c20-16-6-8-17(9-7-16)27(25,26)22-12-23-19(24)18(11-21-23)15-5-4-13-2-1-3-14(13)10-15/h4-11,18,22H,1-3,12H2. The highest BCUT2D eigenvalue weighted by atomic mass is 35.5. The average Bonchev–Trinajstić information content (AvgIpc) is 3.26. The van der Waals surface area contributed by atoms with Gasteiger partial charge in [-0.15, -0.1) is 0 Å². The molecule has 0 aromatic heterocycles.